The molecule has 0 radical (unpaired) electrons. The number of nitrogens with zero attached hydrogens (tertiary/aromatic N) is 3. The van der Waals surface area contributed by atoms with Gasteiger partial charge in [0.05, 0.1) is 12.3 Å². The van der Waals surface area contributed by atoms with Crippen molar-refractivity contribution in [2.24, 2.45) is 0 Å². The van der Waals surface area contributed by atoms with Gasteiger partial charge in [-0.15, -0.1) is 10.2 Å². The van der Waals surface area contributed by atoms with E-state index in [4.69, 9.17) is 4.74 Å². The van der Waals surface area contributed by atoms with Crippen molar-refractivity contribution in [2.45, 2.75) is 26.7 Å². The van der Waals surface area contributed by atoms with Crippen molar-refractivity contribution in [2.75, 3.05) is 11.9 Å². The first-order valence-electron chi connectivity index (χ1n) is 10.2. The van der Waals surface area contributed by atoms with Crippen LogP contribution in [0.3, 0.4) is 0 Å². The zero-order valence-electron chi connectivity index (χ0n) is 17.4. The van der Waals surface area contributed by atoms with Gasteiger partial charge in [-0.05, 0) is 73.5 Å². The topological polar surface area (TPSA) is 69.0 Å². The number of aromatic nitrogens is 3. The monoisotopic (exact) mass is 418 g/mol. The number of carbonyl (C=O) groups is 1. The van der Waals surface area contributed by atoms with Gasteiger partial charge < -0.3 is 10.1 Å². The fourth-order valence-corrected chi connectivity index (χ4v) is 3.15. The molecule has 0 aliphatic carbocycles. The number of hydrogen-bond acceptors (Lipinski definition) is 4. The number of hydrogen-bond donors (Lipinski definition) is 1. The van der Waals surface area contributed by atoms with Crippen LogP contribution in [0.1, 0.15) is 35.7 Å². The first-order chi connectivity index (χ1) is 15.0. The molecule has 3 aromatic carbocycles. The Kier molecular flexibility index (Phi) is 5.93. The molecule has 1 heterocycles. The number of carbonyl (C=O) groups excluding carboxylic acids is 1. The van der Waals surface area contributed by atoms with Crippen LogP contribution in [0, 0.1) is 12.7 Å². The maximum atomic E-state index is 13.2. The predicted octanol–water partition coefficient (Wildman–Crippen LogP) is 5.30. The normalized spacial score (nSPS) is 10.9. The SMILES string of the molecule is CCCCOc1cccc(C(=O)Nc2cc3nn(-c4ccc(F)cc4)nc3cc2C)c1. The zero-order valence-corrected chi connectivity index (χ0v) is 17.4. The van der Waals surface area contributed by atoms with Gasteiger partial charge in [-0.1, -0.05) is 19.4 Å². The third kappa shape index (κ3) is 4.71. The molecule has 158 valence electrons. The Labute approximate surface area is 179 Å². The average molecular weight is 418 g/mol. The summed E-state index contributed by atoms with van der Waals surface area (Å²) >= 11 is 0. The molecule has 0 atom stereocenters. The highest BCUT2D eigenvalue weighted by Crippen LogP contribution is 2.23. The molecule has 4 rings (SSSR count). The van der Waals surface area contributed by atoms with E-state index >= 15 is 0 Å². The highest BCUT2D eigenvalue weighted by atomic mass is 19.1. The Hall–Kier alpha value is -3.74. The molecule has 0 spiro atoms. The van der Waals surface area contributed by atoms with Crippen molar-refractivity contribution in [1.29, 1.82) is 0 Å². The van der Waals surface area contributed by atoms with Crippen LogP contribution in [0.5, 0.6) is 5.75 Å². The second-order valence-electron chi connectivity index (χ2n) is 7.31. The summed E-state index contributed by atoms with van der Waals surface area (Å²) in [5, 5.41) is 11.9. The minimum Gasteiger partial charge on any atom is -0.494 e. The molecular formula is C24H23FN4O2. The zero-order chi connectivity index (χ0) is 21.8. The Morgan fingerprint density at radius 3 is 2.55 bits per heavy atom. The lowest BCUT2D eigenvalue weighted by molar-refractivity contribution is 0.102. The molecular weight excluding hydrogens is 395 g/mol. The van der Waals surface area contributed by atoms with E-state index in [0.717, 1.165) is 18.4 Å². The molecule has 4 aromatic rings. The van der Waals surface area contributed by atoms with Gasteiger partial charge in [0.1, 0.15) is 22.6 Å². The van der Waals surface area contributed by atoms with Crippen molar-refractivity contribution in [3.8, 4) is 11.4 Å². The Balaban J connectivity index is 1.55. The fraction of sp³-hybridized carbons (Fsp3) is 0.208. The third-order valence-electron chi connectivity index (χ3n) is 4.90. The summed E-state index contributed by atoms with van der Waals surface area (Å²) in [5.74, 6) is 0.131. The maximum absolute atomic E-state index is 13.2. The summed E-state index contributed by atoms with van der Waals surface area (Å²) in [4.78, 5) is 14.3. The van der Waals surface area contributed by atoms with Crippen molar-refractivity contribution < 1.29 is 13.9 Å². The summed E-state index contributed by atoms with van der Waals surface area (Å²) in [7, 11) is 0. The van der Waals surface area contributed by atoms with Crippen molar-refractivity contribution in [3.63, 3.8) is 0 Å². The number of ether oxygens (including phenoxy) is 1. The lowest BCUT2D eigenvalue weighted by atomic mass is 10.1. The summed E-state index contributed by atoms with van der Waals surface area (Å²) in [5.41, 5.74) is 4.00. The standard InChI is InChI=1S/C24H23FN4O2/c1-3-4-12-31-20-7-5-6-17(14-20)24(30)26-21-15-23-22(13-16(21)2)27-29(28-23)19-10-8-18(25)9-11-19/h5-11,13-15H,3-4,12H2,1-2H3,(H,26,30). The number of amides is 1. The molecule has 0 saturated carbocycles. The third-order valence-corrected chi connectivity index (χ3v) is 4.90. The fourth-order valence-electron chi connectivity index (χ4n) is 3.15. The lowest BCUT2D eigenvalue weighted by Gasteiger charge is -2.10. The Bertz CT molecular complexity index is 1220. The van der Waals surface area contributed by atoms with E-state index in [9.17, 15) is 9.18 Å². The van der Waals surface area contributed by atoms with Gasteiger partial charge in [0.25, 0.3) is 5.91 Å². The highest BCUT2D eigenvalue weighted by Gasteiger charge is 2.13. The van der Waals surface area contributed by atoms with Gasteiger partial charge >= 0.3 is 0 Å². The quantitative estimate of drug-likeness (QED) is 0.414. The number of aryl methyl sites for hydroxylation is 1. The minimum atomic E-state index is -0.318. The Morgan fingerprint density at radius 1 is 1.06 bits per heavy atom. The van der Waals surface area contributed by atoms with Crippen LogP contribution >= 0.6 is 0 Å². The van der Waals surface area contributed by atoms with Crippen LogP contribution in [-0.2, 0) is 0 Å². The van der Waals surface area contributed by atoms with Crippen LogP contribution in [0.15, 0.2) is 60.7 Å². The molecule has 1 amide bonds. The molecule has 0 saturated heterocycles. The second kappa shape index (κ2) is 8.95. The van der Waals surface area contributed by atoms with Crippen LogP contribution in [0.2, 0.25) is 0 Å². The van der Waals surface area contributed by atoms with Crippen molar-refractivity contribution in [3.05, 3.63) is 77.6 Å². The summed E-state index contributed by atoms with van der Waals surface area (Å²) < 4.78 is 18.9. The van der Waals surface area contributed by atoms with Gasteiger partial charge in [-0.2, -0.15) is 4.80 Å². The van der Waals surface area contributed by atoms with E-state index in [1.54, 1.807) is 36.4 Å². The van der Waals surface area contributed by atoms with E-state index in [-0.39, 0.29) is 11.7 Å². The van der Waals surface area contributed by atoms with Crippen LogP contribution in [-0.4, -0.2) is 27.5 Å². The minimum absolute atomic E-state index is 0.227. The molecule has 0 aliphatic heterocycles. The molecule has 0 aliphatic rings. The van der Waals surface area contributed by atoms with Crippen LogP contribution in [0.25, 0.3) is 16.7 Å². The van der Waals surface area contributed by atoms with E-state index in [0.29, 0.717) is 40.3 Å². The molecule has 0 unspecified atom stereocenters. The predicted molar refractivity (Wildman–Crippen MR) is 118 cm³/mol. The molecule has 1 aromatic heterocycles. The Morgan fingerprint density at radius 2 is 1.81 bits per heavy atom. The average Bonchev–Trinajstić information content (AvgIpc) is 3.17. The molecule has 1 N–H and O–H groups in total. The lowest BCUT2D eigenvalue weighted by Crippen LogP contribution is -2.13. The molecule has 7 heteroatoms. The first kappa shape index (κ1) is 20.5. The highest BCUT2D eigenvalue weighted by molar-refractivity contribution is 6.05. The van der Waals surface area contributed by atoms with E-state index in [1.165, 1.54) is 16.9 Å². The number of rotatable bonds is 7. The maximum Gasteiger partial charge on any atom is 0.255 e. The van der Waals surface area contributed by atoms with Gasteiger partial charge in [0.2, 0.25) is 0 Å². The van der Waals surface area contributed by atoms with Crippen molar-refractivity contribution in [1.82, 2.24) is 15.0 Å². The number of fused-ring (bicyclic) bond motifs is 1. The van der Waals surface area contributed by atoms with E-state index in [1.807, 2.05) is 19.1 Å². The van der Waals surface area contributed by atoms with Gasteiger partial charge in [0.15, 0.2) is 0 Å². The van der Waals surface area contributed by atoms with Crippen LogP contribution < -0.4 is 10.1 Å². The van der Waals surface area contributed by atoms with E-state index < -0.39 is 0 Å². The largest absolute Gasteiger partial charge is 0.494 e. The molecule has 0 fully saturated rings. The number of nitrogens with one attached hydrogen (secondary N) is 1. The number of benzene rings is 3. The van der Waals surface area contributed by atoms with Gasteiger partial charge in [0, 0.05) is 11.3 Å². The summed E-state index contributed by atoms with van der Waals surface area (Å²) in [6.45, 7) is 4.63. The van der Waals surface area contributed by atoms with Crippen LogP contribution in [0.4, 0.5) is 10.1 Å². The molecule has 0 bridgehead atoms. The summed E-state index contributed by atoms with van der Waals surface area (Å²) in [6.07, 6.45) is 2.02. The summed E-state index contributed by atoms with van der Waals surface area (Å²) in [6, 6.07) is 16.7. The first-order valence-corrected chi connectivity index (χ1v) is 10.2. The molecule has 6 nitrogen and oxygen atoms in total. The van der Waals surface area contributed by atoms with Crippen molar-refractivity contribution >= 4 is 22.6 Å². The van der Waals surface area contributed by atoms with E-state index in [2.05, 4.69) is 22.4 Å². The van der Waals surface area contributed by atoms with Gasteiger partial charge in [-0.3, -0.25) is 4.79 Å². The smallest absolute Gasteiger partial charge is 0.255 e. The number of halogens is 1. The number of anilines is 1. The second-order valence-corrected chi connectivity index (χ2v) is 7.31. The number of unbranched alkanes of at least 4 members (excludes halogenated alkanes) is 1. The molecule has 31 heavy (non-hydrogen) atoms. The van der Waals surface area contributed by atoms with Gasteiger partial charge in [-0.25, -0.2) is 4.39 Å².